The van der Waals surface area contributed by atoms with Crippen LogP contribution in [0.2, 0.25) is 0 Å². The number of nitrogens with zero attached hydrogens (tertiary/aromatic N) is 1. The van der Waals surface area contributed by atoms with Gasteiger partial charge in [-0.15, -0.1) is 0 Å². The first-order valence-electron chi connectivity index (χ1n) is 8.85. The van der Waals surface area contributed by atoms with Crippen LogP contribution in [0, 0.1) is 19.8 Å². The van der Waals surface area contributed by atoms with Crippen molar-refractivity contribution in [1.29, 1.82) is 0 Å². The molecular weight excluding hydrogens is 376 g/mol. The highest BCUT2D eigenvalue weighted by Crippen LogP contribution is 2.22. The summed E-state index contributed by atoms with van der Waals surface area (Å²) in [6.45, 7) is 6.91. The molecule has 1 N–H and O–H groups in total. The minimum Gasteiger partial charge on any atom is -0.326 e. The van der Waals surface area contributed by atoms with Crippen molar-refractivity contribution in [3.8, 4) is 0 Å². The van der Waals surface area contributed by atoms with Gasteiger partial charge in [0.05, 0.1) is 5.92 Å². The molecule has 2 aromatic rings. The average Bonchev–Trinajstić information content (AvgIpc) is 2.56. The first-order valence-corrected chi connectivity index (χ1v) is 9.65. The van der Waals surface area contributed by atoms with E-state index in [9.17, 15) is 4.79 Å². The Morgan fingerprint density at radius 2 is 1.84 bits per heavy atom. The Bertz CT molecular complexity index is 722. The maximum absolute atomic E-state index is 12.7. The van der Waals surface area contributed by atoms with Crippen molar-refractivity contribution in [2.45, 2.75) is 33.2 Å². The molecule has 0 radical (unpaired) electrons. The van der Waals surface area contributed by atoms with Gasteiger partial charge in [0.15, 0.2) is 0 Å². The number of nitrogens with one attached hydrogen (secondary N) is 1. The highest BCUT2D eigenvalue weighted by molar-refractivity contribution is 9.10. The number of aryl methyl sites for hydroxylation is 2. The Hall–Kier alpha value is -1.65. The van der Waals surface area contributed by atoms with E-state index in [0.717, 1.165) is 42.6 Å². The second kappa shape index (κ2) is 8.15. The molecule has 0 spiro atoms. The normalized spacial score (nSPS) is 18.1. The van der Waals surface area contributed by atoms with E-state index in [2.05, 4.69) is 70.3 Å². The Morgan fingerprint density at radius 1 is 1.16 bits per heavy atom. The standard InChI is InChI=1S/C21H25BrN2O/c1-15-10-16(2)12-20(11-15)23-21(25)18-4-3-9-24(14-18)13-17-5-7-19(22)8-6-17/h5-8,10-12,18H,3-4,9,13-14H2,1-2H3,(H,23,25). The summed E-state index contributed by atoms with van der Waals surface area (Å²) in [6, 6.07) is 14.6. The van der Waals surface area contributed by atoms with Gasteiger partial charge in [-0.2, -0.15) is 0 Å². The molecule has 4 heteroatoms. The number of hydrogen-bond acceptors (Lipinski definition) is 2. The molecule has 1 saturated heterocycles. The zero-order valence-electron chi connectivity index (χ0n) is 14.9. The molecule has 1 heterocycles. The van der Waals surface area contributed by atoms with Crippen molar-refractivity contribution in [2.24, 2.45) is 5.92 Å². The Balaban J connectivity index is 1.60. The monoisotopic (exact) mass is 400 g/mol. The molecule has 132 valence electrons. The van der Waals surface area contributed by atoms with Crippen LogP contribution in [-0.2, 0) is 11.3 Å². The number of benzene rings is 2. The quantitative estimate of drug-likeness (QED) is 0.789. The van der Waals surface area contributed by atoms with Crippen LogP contribution in [0.3, 0.4) is 0 Å². The van der Waals surface area contributed by atoms with Crippen molar-refractivity contribution >= 4 is 27.5 Å². The van der Waals surface area contributed by atoms with Gasteiger partial charge < -0.3 is 5.32 Å². The average molecular weight is 401 g/mol. The topological polar surface area (TPSA) is 32.3 Å². The molecule has 0 saturated carbocycles. The van der Waals surface area contributed by atoms with Crippen molar-refractivity contribution in [2.75, 3.05) is 18.4 Å². The van der Waals surface area contributed by atoms with Crippen LogP contribution in [-0.4, -0.2) is 23.9 Å². The van der Waals surface area contributed by atoms with Gasteiger partial charge in [0.1, 0.15) is 0 Å². The van der Waals surface area contributed by atoms with Gasteiger partial charge in [-0.3, -0.25) is 9.69 Å². The van der Waals surface area contributed by atoms with Crippen molar-refractivity contribution in [3.05, 3.63) is 63.6 Å². The SMILES string of the molecule is Cc1cc(C)cc(NC(=O)C2CCCN(Cc3ccc(Br)cc3)C2)c1. The fourth-order valence-electron chi connectivity index (χ4n) is 3.55. The third-order valence-corrected chi connectivity index (χ3v) is 5.21. The van der Waals surface area contributed by atoms with Crippen LogP contribution in [0.4, 0.5) is 5.69 Å². The maximum Gasteiger partial charge on any atom is 0.228 e. The van der Waals surface area contributed by atoms with Crippen LogP contribution in [0.1, 0.15) is 29.5 Å². The number of amides is 1. The molecule has 1 aliphatic rings. The summed E-state index contributed by atoms with van der Waals surface area (Å²) < 4.78 is 1.10. The van der Waals surface area contributed by atoms with Crippen LogP contribution in [0.25, 0.3) is 0 Å². The van der Waals surface area contributed by atoms with Crippen LogP contribution in [0.5, 0.6) is 0 Å². The van der Waals surface area contributed by atoms with Gasteiger partial charge in [-0.1, -0.05) is 34.1 Å². The number of likely N-dealkylation sites (tertiary alicyclic amines) is 1. The predicted molar refractivity (Wildman–Crippen MR) is 107 cm³/mol. The molecule has 3 nitrogen and oxygen atoms in total. The summed E-state index contributed by atoms with van der Waals surface area (Å²) in [5.74, 6) is 0.204. The van der Waals surface area contributed by atoms with Gasteiger partial charge in [0.2, 0.25) is 5.91 Å². The molecule has 25 heavy (non-hydrogen) atoms. The summed E-state index contributed by atoms with van der Waals surface area (Å²) >= 11 is 3.47. The first kappa shape index (κ1) is 18.2. The van der Waals surface area contributed by atoms with Gasteiger partial charge in [-0.05, 0) is 74.2 Å². The molecule has 1 fully saturated rings. The lowest BCUT2D eigenvalue weighted by atomic mass is 9.96. The molecule has 2 aromatic carbocycles. The molecular formula is C21H25BrN2O. The molecule has 0 aliphatic carbocycles. The zero-order chi connectivity index (χ0) is 17.8. The van der Waals surface area contributed by atoms with E-state index >= 15 is 0 Å². The Kier molecular flexibility index (Phi) is 5.92. The van der Waals surface area contributed by atoms with Crippen molar-refractivity contribution in [1.82, 2.24) is 4.90 Å². The summed E-state index contributed by atoms with van der Waals surface area (Å²) in [4.78, 5) is 15.1. The third-order valence-electron chi connectivity index (χ3n) is 4.68. The molecule has 1 unspecified atom stereocenters. The van der Waals surface area contributed by atoms with Crippen molar-refractivity contribution in [3.63, 3.8) is 0 Å². The third kappa shape index (κ3) is 5.16. The number of carbonyl (C=O) groups is 1. The fraction of sp³-hybridized carbons (Fsp3) is 0.381. The predicted octanol–water partition coefficient (Wildman–Crippen LogP) is 4.92. The van der Waals surface area contributed by atoms with E-state index in [1.54, 1.807) is 0 Å². The number of halogens is 1. The van der Waals surface area contributed by atoms with E-state index < -0.39 is 0 Å². The van der Waals surface area contributed by atoms with Crippen LogP contribution in [0.15, 0.2) is 46.9 Å². The summed E-state index contributed by atoms with van der Waals surface area (Å²) in [7, 11) is 0. The molecule has 1 aliphatic heterocycles. The highest BCUT2D eigenvalue weighted by Gasteiger charge is 2.25. The van der Waals surface area contributed by atoms with Crippen LogP contribution >= 0.6 is 15.9 Å². The minimum atomic E-state index is 0.0602. The Morgan fingerprint density at radius 3 is 2.52 bits per heavy atom. The van der Waals surface area contributed by atoms with E-state index in [0.29, 0.717) is 0 Å². The Labute approximate surface area is 158 Å². The lowest BCUT2D eigenvalue weighted by Crippen LogP contribution is -2.40. The van der Waals surface area contributed by atoms with Crippen molar-refractivity contribution < 1.29 is 4.79 Å². The number of anilines is 1. The second-order valence-electron chi connectivity index (χ2n) is 7.07. The highest BCUT2D eigenvalue weighted by atomic mass is 79.9. The molecule has 1 amide bonds. The van der Waals surface area contributed by atoms with E-state index in [4.69, 9.17) is 0 Å². The summed E-state index contributed by atoms with van der Waals surface area (Å²) in [5, 5.41) is 3.11. The molecule has 3 rings (SSSR count). The largest absolute Gasteiger partial charge is 0.326 e. The zero-order valence-corrected chi connectivity index (χ0v) is 16.5. The van der Waals surface area contributed by atoms with Gasteiger partial charge in [0.25, 0.3) is 0 Å². The lowest BCUT2D eigenvalue weighted by Gasteiger charge is -2.32. The number of piperidine rings is 1. The van der Waals surface area contributed by atoms with E-state index in [1.165, 1.54) is 16.7 Å². The summed E-state index contributed by atoms with van der Waals surface area (Å²) in [5.41, 5.74) is 4.55. The maximum atomic E-state index is 12.7. The van der Waals surface area contributed by atoms with Gasteiger partial charge in [-0.25, -0.2) is 0 Å². The number of rotatable bonds is 4. The number of hydrogen-bond donors (Lipinski definition) is 1. The van der Waals surface area contributed by atoms with E-state index in [-0.39, 0.29) is 11.8 Å². The van der Waals surface area contributed by atoms with E-state index in [1.807, 2.05) is 12.1 Å². The molecule has 1 atom stereocenters. The first-order chi connectivity index (χ1) is 12.0. The fourth-order valence-corrected chi connectivity index (χ4v) is 3.82. The number of carbonyl (C=O) groups excluding carboxylic acids is 1. The van der Waals surface area contributed by atoms with Crippen LogP contribution < -0.4 is 5.32 Å². The van der Waals surface area contributed by atoms with Gasteiger partial charge in [0, 0.05) is 23.2 Å². The van der Waals surface area contributed by atoms with Gasteiger partial charge >= 0.3 is 0 Å². The second-order valence-corrected chi connectivity index (χ2v) is 7.98. The summed E-state index contributed by atoms with van der Waals surface area (Å²) in [6.07, 6.45) is 2.04. The molecule has 0 aromatic heterocycles. The smallest absolute Gasteiger partial charge is 0.228 e. The lowest BCUT2D eigenvalue weighted by molar-refractivity contribution is -0.121. The minimum absolute atomic E-state index is 0.0602. The molecule has 0 bridgehead atoms.